The molecule has 0 saturated heterocycles. The lowest BCUT2D eigenvalue weighted by atomic mass is 9.93. The first kappa shape index (κ1) is 13.5. The van der Waals surface area contributed by atoms with E-state index in [9.17, 15) is 4.79 Å². The molecule has 0 aliphatic heterocycles. The second-order valence-electron chi connectivity index (χ2n) is 4.04. The van der Waals surface area contributed by atoms with Gasteiger partial charge in [-0.25, -0.2) is 0 Å². The van der Waals surface area contributed by atoms with Crippen molar-refractivity contribution in [1.29, 1.82) is 0 Å². The minimum absolute atomic E-state index is 0.0863. The van der Waals surface area contributed by atoms with E-state index in [1.807, 2.05) is 6.92 Å². The van der Waals surface area contributed by atoms with Gasteiger partial charge < -0.3 is 4.74 Å². The van der Waals surface area contributed by atoms with Gasteiger partial charge in [0, 0.05) is 0 Å². The van der Waals surface area contributed by atoms with Crippen molar-refractivity contribution in [2.75, 3.05) is 0 Å². The average Bonchev–Trinajstić information content (AvgIpc) is 2.19. The van der Waals surface area contributed by atoms with E-state index in [1.165, 1.54) is 32.1 Å². The number of carbonyl (C=O) groups is 1. The van der Waals surface area contributed by atoms with Gasteiger partial charge in [-0.2, -0.15) is 0 Å². The van der Waals surface area contributed by atoms with E-state index in [0.717, 1.165) is 12.3 Å². The maximum atomic E-state index is 10.1. The Morgan fingerprint density at radius 1 is 1.21 bits per heavy atom. The van der Waals surface area contributed by atoms with Crippen molar-refractivity contribution in [3.63, 3.8) is 0 Å². The molecule has 0 unspecified atom stereocenters. The van der Waals surface area contributed by atoms with Gasteiger partial charge in [-0.15, -0.1) is 0 Å². The molecule has 0 heterocycles. The second kappa shape index (κ2) is 9.04. The van der Waals surface area contributed by atoms with Gasteiger partial charge >= 0.3 is 0 Å². The Hall–Kier alpha value is -0.530. The number of hydrogen-bond donors (Lipinski definition) is 0. The van der Waals surface area contributed by atoms with Gasteiger partial charge in [-0.05, 0) is 25.7 Å². The van der Waals surface area contributed by atoms with Crippen molar-refractivity contribution in [2.45, 2.75) is 65.4 Å². The van der Waals surface area contributed by atoms with E-state index in [1.54, 1.807) is 0 Å². The molecule has 0 spiro atoms. The number of unbranched alkanes of at least 4 members (excludes halogenated alkanes) is 1. The second-order valence-corrected chi connectivity index (χ2v) is 4.04. The van der Waals surface area contributed by atoms with Crippen LogP contribution in [0.25, 0.3) is 0 Å². The predicted octanol–water partition coefficient (Wildman–Crippen LogP) is 3.54. The molecule has 2 atom stereocenters. The molecule has 0 aromatic rings. The Labute approximate surface area is 88.0 Å². The Kier molecular flexibility index (Phi) is 8.70. The van der Waals surface area contributed by atoms with Gasteiger partial charge in [0.15, 0.2) is 0 Å². The van der Waals surface area contributed by atoms with Crippen molar-refractivity contribution in [3.8, 4) is 0 Å². The summed E-state index contributed by atoms with van der Waals surface area (Å²) in [6.45, 7) is 6.98. The minimum Gasteiger partial charge on any atom is -0.465 e. The molecule has 84 valence electrons. The molecule has 0 radical (unpaired) electrons. The van der Waals surface area contributed by atoms with E-state index in [4.69, 9.17) is 4.74 Å². The summed E-state index contributed by atoms with van der Waals surface area (Å²) in [4.78, 5) is 10.1. The number of hydrogen-bond acceptors (Lipinski definition) is 2. The summed E-state index contributed by atoms with van der Waals surface area (Å²) in [6, 6.07) is 0. The maximum absolute atomic E-state index is 10.1. The van der Waals surface area contributed by atoms with E-state index < -0.39 is 0 Å². The summed E-state index contributed by atoms with van der Waals surface area (Å²) in [5.74, 6) is 0.813. The zero-order valence-corrected chi connectivity index (χ0v) is 9.79. The molecule has 0 rings (SSSR count). The minimum atomic E-state index is 0.0863. The molecular formula is C12H24O2. The predicted molar refractivity (Wildman–Crippen MR) is 59.2 cm³/mol. The molecular weight excluding hydrogens is 176 g/mol. The van der Waals surface area contributed by atoms with Crippen LogP contribution in [-0.4, -0.2) is 12.6 Å². The molecule has 0 saturated carbocycles. The smallest absolute Gasteiger partial charge is 0.293 e. The lowest BCUT2D eigenvalue weighted by molar-refractivity contribution is -0.133. The van der Waals surface area contributed by atoms with Gasteiger partial charge in [0.1, 0.15) is 0 Å². The molecule has 0 fully saturated rings. The molecule has 2 heteroatoms. The molecule has 14 heavy (non-hydrogen) atoms. The molecule has 0 amide bonds. The van der Waals surface area contributed by atoms with Gasteiger partial charge in [0.05, 0.1) is 6.10 Å². The third-order valence-electron chi connectivity index (χ3n) is 2.81. The molecule has 0 aliphatic rings. The van der Waals surface area contributed by atoms with E-state index >= 15 is 0 Å². The number of ether oxygens (including phenoxy) is 1. The third kappa shape index (κ3) is 6.93. The zero-order valence-electron chi connectivity index (χ0n) is 9.79. The summed E-state index contributed by atoms with van der Waals surface area (Å²) < 4.78 is 4.86. The highest BCUT2D eigenvalue weighted by Gasteiger charge is 2.08. The Bertz CT molecular complexity index is 134. The Morgan fingerprint density at radius 2 is 1.93 bits per heavy atom. The summed E-state index contributed by atoms with van der Waals surface area (Å²) in [5.41, 5.74) is 0. The van der Waals surface area contributed by atoms with Crippen LogP contribution in [0.5, 0.6) is 0 Å². The van der Waals surface area contributed by atoms with Crippen molar-refractivity contribution in [3.05, 3.63) is 0 Å². The fraction of sp³-hybridized carbons (Fsp3) is 0.917. The van der Waals surface area contributed by atoms with Gasteiger partial charge in [0.2, 0.25) is 0 Å². The van der Waals surface area contributed by atoms with Crippen molar-refractivity contribution < 1.29 is 9.53 Å². The standard InChI is InChI=1S/C12H24O2/c1-4-6-7-12(5-2)9-8-11(3)14-10-13/h10-12H,4-9H2,1-3H3/t11-,12-/m1/s1. The van der Waals surface area contributed by atoms with Gasteiger partial charge in [0.25, 0.3) is 6.47 Å². The highest BCUT2D eigenvalue weighted by Crippen LogP contribution is 2.19. The van der Waals surface area contributed by atoms with Crippen LogP contribution in [0, 0.1) is 5.92 Å². The summed E-state index contributed by atoms with van der Waals surface area (Å²) in [7, 11) is 0. The number of carbonyl (C=O) groups excluding carboxylic acids is 1. The Morgan fingerprint density at radius 3 is 2.43 bits per heavy atom. The summed E-state index contributed by atoms with van der Waals surface area (Å²) in [6.07, 6.45) is 7.43. The Balaban J connectivity index is 3.54. The summed E-state index contributed by atoms with van der Waals surface area (Å²) >= 11 is 0. The molecule has 0 aromatic carbocycles. The molecule has 0 aliphatic carbocycles. The van der Waals surface area contributed by atoms with Crippen LogP contribution in [0.4, 0.5) is 0 Å². The fourth-order valence-electron chi connectivity index (χ4n) is 1.68. The molecule has 0 N–H and O–H groups in total. The maximum Gasteiger partial charge on any atom is 0.293 e. The monoisotopic (exact) mass is 200 g/mol. The first-order chi connectivity index (χ1) is 6.74. The average molecular weight is 200 g/mol. The largest absolute Gasteiger partial charge is 0.465 e. The van der Waals surface area contributed by atoms with E-state index in [2.05, 4.69) is 13.8 Å². The first-order valence-corrected chi connectivity index (χ1v) is 5.83. The van der Waals surface area contributed by atoms with Crippen LogP contribution in [0.2, 0.25) is 0 Å². The van der Waals surface area contributed by atoms with Crippen LogP contribution in [0.1, 0.15) is 59.3 Å². The molecule has 2 nitrogen and oxygen atoms in total. The van der Waals surface area contributed by atoms with Crippen LogP contribution < -0.4 is 0 Å². The highest BCUT2D eigenvalue weighted by molar-refractivity contribution is 5.37. The normalized spacial score (nSPS) is 14.8. The van der Waals surface area contributed by atoms with Crippen molar-refractivity contribution in [1.82, 2.24) is 0 Å². The SMILES string of the molecule is CCCC[C@@H](CC)CC[C@@H](C)OC=O. The molecule has 0 aromatic heterocycles. The van der Waals surface area contributed by atoms with Crippen LogP contribution in [0.15, 0.2) is 0 Å². The molecule has 0 bridgehead atoms. The van der Waals surface area contributed by atoms with E-state index in [0.29, 0.717) is 6.47 Å². The number of rotatable bonds is 9. The lowest BCUT2D eigenvalue weighted by Gasteiger charge is -2.16. The third-order valence-corrected chi connectivity index (χ3v) is 2.81. The first-order valence-electron chi connectivity index (χ1n) is 5.83. The van der Waals surface area contributed by atoms with Crippen LogP contribution >= 0.6 is 0 Å². The van der Waals surface area contributed by atoms with Crippen LogP contribution in [0.3, 0.4) is 0 Å². The summed E-state index contributed by atoms with van der Waals surface area (Å²) in [5, 5.41) is 0. The van der Waals surface area contributed by atoms with Crippen molar-refractivity contribution >= 4 is 6.47 Å². The zero-order chi connectivity index (χ0) is 10.8. The van der Waals surface area contributed by atoms with Gasteiger partial charge in [-0.1, -0.05) is 39.5 Å². The van der Waals surface area contributed by atoms with E-state index in [-0.39, 0.29) is 6.10 Å². The quantitative estimate of drug-likeness (QED) is 0.532. The van der Waals surface area contributed by atoms with Crippen molar-refractivity contribution in [2.24, 2.45) is 5.92 Å². The lowest BCUT2D eigenvalue weighted by Crippen LogP contribution is -2.09. The van der Waals surface area contributed by atoms with Crippen LogP contribution in [-0.2, 0) is 9.53 Å². The fourth-order valence-corrected chi connectivity index (χ4v) is 1.68. The van der Waals surface area contributed by atoms with Gasteiger partial charge in [-0.3, -0.25) is 4.79 Å². The highest BCUT2D eigenvalue weighted by atomic mass is 16.5. The topological polar surface area (TPSA) is 26.3 Å².